The number of carbonyl (C=O) groups is 2. The number of para-hydroxylation sites is 1. The minimum atomic E-state index is -2.92. The number of nitrogens with one attached hydrogen (secondary N) is 1. The molecule has 8 nitrogen and oxygen atoms in total. The van der Waals surface area contributed by atoms with Crippen LogP contribution in [0, 0.1) is 0 Å². The summed E-state index contributed by atoms with van der Waals surface area (Å²) < 4.78 is 39.5. The number of halogens is 2. The third kappa shape index (κ3) is 4.62. The summed E-state index contributed by atoms with van der Waals surface area (Å²) in [5.41, 5.74) is 6.43. The van der Waals surface area contributed by atoms with E-state index >= 15 is 0 Å². The molecule has 0 bridgehead atoms. The van der Waals surface area contributed by atoms with Crippen molar-refractivity contribution in [1.82, 2.24) is 15.1 Å². The first kappa shape index (κ1) is 23.4. The number of amides is 2. The molecule has 1 aliphatic rings. The molecular weight excluding hydrogens is 446 g/mol. The lowest BCUT2D eigenvalue weighted by Gasteiger charge is -2.12. The van der Waals surface area contributed by atoms with Crippen molar-refractivity contribution in [2.75, 3.05) is 20.3 Å². The number of aromatic nitrogens is 2. The Hall–Kier alpha value is -3.79. The smallest absolute Gasteiger partial charge is 0.280 e. The summed E-state index contributed by atoms with van der Waals surface area (Å²) >= 11 is 0. The molecule has 4 rings (SSSR count). The van der Waals surface area contributed by atoms with Gasteiger partial charge < -0.3 is 20.5 Å². The second kappa shape index (κ2) is 10.0. The van der Waals surface area contributed by atoms with Crippen LogP contribution in [0.25, 0.3) is 11.3 Å². The Morgan fingerprint density at radius 3 is 2.59 bits per heavy atom. The lowest BCUT2D eigenvalue weighted by atomic mass is 10.0. The van der Waals surface area contributed by atoms with E-state index in [-0.39, 0.29) is 36.4 Å². The molecule has 1 aromatic heterocycles. The highest BCUT2D eigenvalue weighted by atomic mass is 19.3. The molecule has 0 saturated carbocycles. The van der Waals surface area contributed by atoms with Crippen LogP contribution in [0.1, 0.15) is 50.9 Å². The van der Waals surface area contributed by atoms with Crippen LogP contribution in [0.5, 0.6) is 5.75 Å². The van der Waals surface area contributed by atoms with Crippen molar-refractivity contribution >= 4 is 11.8 Å². The number of alkyl halides is 2. The number of hydrogen-bond donors (Lipinski definition) is 2. The van der Waals surface area contributed by atoms with E-state index in [9.17, 15) is 18.4 Å². The first-order valence-electron chi connectivity index (χ1n) is 10.7. The summed E-state index contributed by atoms with van der Waals surface area (Å²) in [5, 5.41) is 7.16. The zero-order chi connectivity index (χ0) is 24.2. The van der Waals surface area contributed by atoms with Gasteiger partial charge in [-0.1, -0.05) is 36.4 Å². The van der Waals surface area contributed by atoms with Gasteiger partial charge in [-0.2, -0.15) is 5.10 Å². The van der Waals surface area contributed by atoms with Crippen LogP contribution >= 0.6 is 0 Å². The van der Waals surface area contributed by atoms with Crippen LogP contribution in [-0.4, -0.2) is 41.9 Å². The molecule has 2 aromatic carbocycles. The van der Waals surface area contributed by atoms with E-state index in [1.165, 1.54) is 11.8 Å². The first-order valence-corrected chi connectivity index (χ1v) is 10.7. The number of primary amides is 1. The number of nitrogens with zero attached hydrogens (tertiary/aromatic N) is 2. The first-order chi connectivity index (χ1) is 16.4. The van der Waals surface area contributed by atoms with Crippen molar-refractivity contribution in [1.29, 1.82) is 0 Å². The zero-order valence-corrected chi connectivity index (χ0v) is 18.5. The normalized spacial score (nSPS) is 15.5. The Bertz CT molecular complexity index is 1190. The number of methoxy groups -OCH3 is 1. The van der Waals surface area contributed by atoms with Crippen LogP contribution in [0.3, 0.4) is 0 Å². The van der Waals surface area contributed by atoms with Crippen molar-refractivity contribution in [2.24, 2.45) is 5.73 Å². The minimum absolute atomic E-state index is 0.0966. The van der Waals surface area contributed by atoms with Gasteiger partial charge in [-0.15, -0.1) is 0 Å². The molecule has 1 fully saturated rings. The molecule has 1 atom stereocenters. The number of carbonyl (C=O) groups excluding carboxylic acids is 2. The third-order valence-electron chi connectivity index (χ3n) is 5.68. The molecule has 0 unspecified atom stereocenters. The fraction of sp³-hybridized carbons (Fsp3) is 0.292. The van der Waals surface area contributed by atoms with E-state index in [0.717, 1.165) is 5.56 Å². The number of nitrogens with two attached hydrogens (primary N) is 1. The highest BCUT2D eigenvalue weighted by Gasteiger charge is 2.33. The summed E-state index contributed by atoms with van der Waals surface area (Å²) in [4.78, 5) is 24.6. The highest BCUT2D eigenvalue weighted by Crippen LogP contribution is 2.35. The van der Waals surface area contributed by atoms with Crippen molar-refractivity contribution < 1.29 is 27.8 Å². The van der Waals surface area contributed by atoms with Gasteiger partial charge >= 0.3 is 0 Å². The Labute approximate surface area is 194 Å². The molecule has 3 aromatic rings. The molecule has 2 heterocycles. The van der Waals surface area contributed by atoms with Gasteiger partial charge in [0.1, 0.15) is 17.1 Å². The van der Waals surface area contributed by atoms with Gasteiger partial charge in [0.05, 0.1) is 30.9 Å². The number of ether oxygens (including phenoxy) is 2. The van der Waals surface area contributed by atoms with Crippen LogP contribution in [0.2, 0.25) is 0 Å². The lowest BCUT2D eigenvalue weighted by Crippen LogP contribution is -2.23. The van der Waals surface area contributed by atoms with Crippen LogP contribution in [0.15, 0.2) is 48.5 Å². The Kier molecular flexibility index (Phi) is 6.87. The summed E-state index contributed by atoms with van der Waals surface area (Å²) in [5.74, 6) is -0.798. The maximum Gasteiger partial charge on any atom is 0.280 e. The van der Waals surface area contributed by atoms with Gasteiger partial charge in [0.2, 0.25) is 0 Å². The predicted octanol–water partition coefficient (Wildman–Crippen LogP) is 3.49. The quantitative estimate of drug-likeness (QED) is 0.524. The summed E-state index contributed by atoms with van der Waals surface area (Å²) in [6, 6.07) is 13.3. The summed E-state index contributed by atoms with van der Waals surface area (Å²) in [7, 11) is 1.49. The molecule has 0 aliphatic carbocycles. The lowest BCUT2D eigenvalue weighted by molar-refractivity contribution is 0.0946. The van der Waals surface area contributed by atoms with Crippen LogP contribution in [-0.2, 0) is 11.3 Å². The average Bonchev–Trinajstić information content (AvgIpc) is 3.51. The second-order valence-corrected chi connectivity index (χ2v) is 7.82. The van der Waals surface area contributed by atoms with Crippen molar-refractivity contribution in [3.63, 3.8) is 0 Å². The predicted molar refractivity (Wildman–Crippen MR) is 120 cm³/mol. The van der Waals surface area contributed by atoms with E-state index < -0.39 is 18.0 Å². The number of hydrogen-bond acceptors (Lipinski definition) is 5. The summed E-state index contributed by atoms with van der Waals surface area (Å²) in [6.45, 7) is 0.906. The molecule has 178 valence electrons. The van der Waals surface area contributed by atoms with E-state index in [1.807, 2.05) is 0 Å². The van der Waals surface area contributed by atoms with Crippen molar-refractivity contribution in [3.8, 4) is 17.0 Å². The second-order valence-electron chi connectivity index (χ2n) is 7.82. The minimum Gasteiger partial charge on any atom is -0.496 e. The average molecular weight is 470 g/mol. The van der Waals surface area contributed by atoms with Gasteiger partial charge in [-0.05, 0) is 24.1 Å². The van der Waals surface area contributed by atoms with Crippen molar-refractivity contribution in [2.45, 2.75) is 25.4 Å². The van der Waals surface area contributed by atoms with Crippen LogP contribution < -0.4 is 15.8 Å². The molecule has 10 heteroatoms. The van der Waals surface area contributed by atoms with E-state index in [0.29, 0.717) is 29.9 Å². The van der Waals surface area contributed by atoms with Gasteiger partial charge in [0, 0.05) is 18.7 Å². The van der Waals surface area contributed by atoms with Gasteiger partial charge in [0.25, 0.3) is 18.2 Å². The fourth-order valence-corrected chi connectivity index (χ4v) is 3.99. The molecule has 2 amide bonds. The highest BCUT2D eigenvalue weighted by molar-refractivity contribution is 6.00. The zero-order valence-electron chi connectivity index (χ0n) is 18.5. The summed E-state index contributed by atoms with van der Waals surface area (Å²) in [6.07, 6.45) is -2.40. The standard InChI is InChI=1S/C24H24F2N4O4/c1-33-18-5-3-2-4-17(18)24(32)28-12-14-6-8-15(9-7-14)20-19(23(27)31)21(22(25)26)30(29-20)16-10-11-34-13-16/h2-9,16,22H,10-13H2,1H3,(H2,27,31)(H,28,32)/t16-/m1/s1. The van der Waals surface area contributed by atoms with Crippen molar-refractivity contribution in [3.05, 3.63) is 70.9 Å². The molecule has 34 heavy (non-hydrogen) atoms. The largest absolute Gasteiger partial charge is 0.496 e. The fourth-order valence-electron chi connectivity index (χ4n) is 3.99. The van der Waals surface area contributed by atoms with Crippen LogP contribution in [0.4, 0.5) is 8.78 Å². The van der Waals surface area contributed by atoms with E-state index in [4.69, 9.17) is 15.2 Å². The maximum atomic E-state index is 13.9. The Morgan fingerprint density at radius 2 is 1.97 bits per heavy atom. The Morgan fingerprint density at radius 1 is 1.24 bits per heavy atom. The Balaban J connectivity index is 1.57. The monoisotopic (exact) mass is 470 g/mol. The molecule has 3 N–H and O–H groups in total. The van der Waals surface area contributed by atoms with Gasteiger partial charge in [-0.25, -0.2) is 8.78 Å². The molecule has 0 radical (unpaired) electrons. The van der Waals surface area contributed by atoms with Gasteiger partial charge in [0.15, 0.2) is 0 Å². The van der Waals surface area contributed by atoms with E-state index in [1.54, 1.807) is 48.5 Å². The molecule has 1 saturated heterocycles. The van der Waals surface area contributed by atoms with E-state index in [2.05, 4.69) is 10.4 Å². The number of benzene rings is 2. The SMILES string of the molecule is COc1ccccc1C(=O)NCc1ccc(-c2nn([C@@H]3CCOC3)c(C(F)F)c2C(N)=O)cc1. The molecule has 0 spiro atoms. The topological polar surface area (TPSA) is 108 Å². The molecular formula is C24H24F2N4O4. The van der Waals surface area contributed by atoms with Gasteiger partial charge in [-0.3, -0.25) is 14.3 Å². The molecule has 1 aliphatic heterocycles. The third-order valence-corrected chi connectivity index (χ3v) is 5.68. The number of rotatable bonds is 8. The maximum absolute atomic E-state index is 13.9.